The minimum atomic E-state index is -4.32. The molecule has 4 heteroatoms. The van der Waals surface area contributed by atoms with Gasteiger partial charge < -0.3 is 0 Å². The van der Waals surface area contributed by atoms with Crippen LogP contribution in [0.3, 0.4) is 0 Å². The van der Waals surface area contributed by atoms with E-state index in [-0.39, 0.29) is 0 Å². The summed E-state index contributed by atoms with van der Waals surface area (Å²) in [7, 11) is 0. The third-order valence-corrected chi connectivity index (χ3v) is 4.49. The standard InChI is InChI=1S/C19H14BrF3/c1-11-3-4-12(2)18-16(11)9-15(20)10-17(18)13-5-7-14(8-6-13)19(21,22)23/h3-10H,1-2H3. The van der Waals surface area contributed by atoms with E-state index >= 15 is 0 Å². The van der Waals surface area contributed by atoms with Crippen LogP contribution in [-0.4, -0.2) is 0 Å². The summed E-state index contributed by atoms with van der Waals surface area (Å²) in [6.45, 7) is 4.05. The van der Waals surface area contributed by atoms with Gasteiger partial charge in [-0.1, -0.05) is 40.2 Å². The lowest BCUT2D eigenvalue weighted by molar-refractivity contribution is -0.137. The largest absolute Gasteiger partial charge is 0.416 e. The summed E-state index contributed by atoms with van der Waals surface area (Å²) < 4.78 is 39.2. The lowest BCUT2D eigenvalue weighted by Crippen LogP contribution is -2.04. The van der Waals surface area contributed by atoms with Crippen molar-refractivity contribution in [2.24, 2.45) is 0 Å². The maximum atomic E-state index is 12.7. The third-order valence-electron chi connectivity index (χ3n) is 4.03. The van der Waals surface area contributed by atoms with Gasteiger partial charge in [-0.25, -0.2) is 0 Å². The Hall–Kier alpha value is -1.81. The third kappa shape index (κ3) is 3.00. The fourth-order valence-electron chi connectivity index (χ4n) is 2.83. The summed E-state index contributed by atoms with van der Waals surface area (Å²) in [6, 6.07) is 13.4. The average molecular weight is 379 g/mol. The molecule has 0 fully saturated rings. The Bertz CT molecular complexity index is 878. The van der Waals surface area contributed by atoms with Crippen molar-refractivity contribution in [3.8, 4) is 11.1 Å². The van der Waals surface area contributed by atoms with E-state index in [1.807, 2.05) is 32.0 Å². The van der Waals surface area contributed by atoms with Crippen LogP contribution in [0, 0.1) is 13.8 Å². The second-order valence-electron chi connectivity index (χ2n) is 5.65. The van der Waals surface area contributed by atoms with Gasteiger partial charge in [0.05, 0.1) is 5.56 Å². The molecule has 23 heavy (non-hydrogen) atoms. The van der Waals surface area contributed by atoms with E-state index in [4.69, 9.17) is 0 Å². The fraction of sp³-hybridized carbons (Fsp3) is 0.158. The first-order valence-corrected chi connectivity index (χ1v) is 7.94. The predicted octanol–water partition coefficient (Wildman–Crippen LogP) is 6.90. The first-order chi connectivity index (χ1) is 10.8. The molecule has 0 aromatic heterocycles. The molecule has 0 N–H and O–H groups in total. The Morgan fingerprint density at radius 3 is 2.04 bits per heavy atom. The maximum Gasteiger partial charge on any atom is 0.416 e. The quantitative estimate of drug-likeness (QED) is 0.431. The highest BCUT2D eigenvalue weighted by molar-refractivity contribution is 9.10. The Labute approximate surface area is 141 Å². The fourth-order valence-corrected chi connectivity index (χ4v) is 3.29. The van der Waals surface area contributed by atoms with E-state index in [2.05, 4.69) is 22.0 Å². The highest BCUT2D eigenvalue weighted by Crippen LogP contribution is 2.37. The van der Waals surface area contributed by atoms with Gasteiger partial charge >= 0.3 is 6.18 Å². The molecule has 0 heterocycles. The lowest BCUT2D eigenvalue weighted by atomic mass is 9.92. The number of rotatable bonds is 1. The number of alkyl halides is 3. The molecule has 3 rings (SSSR count). The molecular weight excluding hydrogens is 365 g/mol. The Kier molecular flexibility index (Phi) is 3.96. The number of halogens is 4. The second kappa shape index (κ2) is 5.68. The zero-order chi connectivity index (χ0) is 16.8. The maximum absolute atomic E-state index is 12.7. The first-order valence-electron chi connectivity index (χ1n) is 7.14. The SMILES string of the molecule is Cc1ccc(C)c2c(-c3ccc(C(F)(F)F)cc3)cc(Br)cc12. The van der Waals surface area contributed by atoms with Crippen LogP contribution < -0.4 is 0 Å². The number of hydrogen-bond donors (Lipinski definition) is 0. The molecule has 0 aliphatic carbocycles. The molecule has 0 radical (unpaired) electrons. The van der Waals surface area contributed by atoms with E-state index in [0.29, 0.717) is 0 Å². The molecule has 3 aromatic rings. The van der Waals surface area contributed by atoms with Gasteiger partial charge in [-0.2, -0.15) is 13.2 Å². The molecule has 0 unspecified atom stereocenters. The number of fused-ring (bicyclic) bond motifs is 1. The van der Waals surface area contributed by atoms with Crippen molar-refractivity contribution in [1.82, 2.24) is 0 Å². The van der Waals surface area contributed by atoms with Crippen molar-refractivity contribution in [2.75, 3.05) is 0 Å². The van der Waals surface area contributed by atoms with E-state index < -0.39 is 11.7 Å². The van der Waals surface area contributed by atoms with Crippen LogP contribution in [0.5, 0.6) is 0 Å². The first kappa shape index (κ1) is 16.1. The van der Waals surface area contributed by atoms with Crippen molar-refractivity contribution >= 4 is 26.7 Å². The summed E-state index contributed by atoms with van der Waals surface area (Å²) in [6.07, 6.45) is -4.32. The number of hydrogen-bond acceptors (Lipinski definition) is 0. The van der Waals surface area contributed by atoms with Crippen LogP contribution in [-0.2, 0) is 6.18 Å². The summed E-state index contributed by atoms with van der Waals surface area (Å²) in [5, 5.41) is 2.18. The van der Waals surface area contributed by atoms with Gasteiger partial charge in [0.1, 0.15) is 0 Å². The molecule has 0 saturated carbocycles. The molecule has 0 aliphatic heterocycles. The van der Waals surface area contributed by atoms with Crippen LogP contribution in [0.2, 0.25) is 0 Å². The molecule has 0 atom stereocenters. The number of aryl methyl sites for hydroxylation is 2. The lowest BCUT2D eigenvalue weighted by Gasteiger charge is -2.14. The van der Waals surface area contributed by atoms with Crippen LogP contribution in [0.25, 0.3) is 21.9 Å². The van der Waals surface area contributed by atoms with E-state index in [9.17, 15) is 13.2 Å². The zero-order valence-electron chi connectivity index (χ0n) is 12.6. The van der Waals surface area contributed by atoms with E-state index in [1.165, 1.54) is 12.1 Å². The van der Waals surface area contributed by atoms with Crippen LogP contribution in [0.15, 0.2) is 53.0 Å². The van der Waals surface area contributed by atoms with Crippen LogP contribution >= 0.6 is 15.9 Å². The topological polar surface area (TPSA) is 0 Å². The molecule has 0 spiro atoms. The van der Waals surface area contributed by atoms with Crippen molar-refractivity contribution in [3.63, 3.8) is 0 Å². The van der Waals surface area contributed by atoms with Gasteiger partial charge in [-0.15, -0.1) is 0 Å². The Morgan fingerprint density at radius 2 is 1.43 bits per heavy atom. The van der Waals surface area contributed by atoms with Gasteiger partial charge in [0.25, 0.3) is 0 Å². The molecule has 0 aliphatic rings. The molecule has 118 valence electrons. The Balaban J connectivity index is 2.26. The van der Waals surface area contributed by atoms with Crippen molar-refractivity contribution in [3.05, 3.63) is 69.7 Å². The molecular formula is C19H14BrF3. The van der Waals surface area contributed by atoms with Crippen LogP contribution in [0.4, 0.5) is 13.2 Å². The van der Waals surface area contributed by atoms with Gasteiger partial charge in [-0.3, -0.25) is 0 Å². The minimum absolute atomic E-state index is 0.631. The number of benzene rings is 3. The molecule has 0 saturated heterocycles. The molecule has 0 nitrogen and oxygen atoms in total. The monoisotopic (exact) mass is 378 g/mol. The van der Waals surface area contributed by atoms with Crippen molar-refractivity contribution in [2.45, 2.75) is 20.0 Å². The van der Waals surface area contributed by atoms with E-state index in [0.717, 1.165) is 49.6 Å². The highest BCUT2D eigenvalue weighted by Gasteiger charge is 2.30. The Morgan fingerprint density at radius 1 is 0.826 bits per heavy atom. The summed E-state index contributed by atoms with van der Waals surface area (Å²) in [5.41, 5.74) is 3.32. The molecule has 0 bridgehead atoms. The smallest absolute Gasteiger partial charge is 0.166 e. The average Bonchev–Trinajstić information content (AvgIpc) is 2.49. The second-order valence-corrected chi connectivity index (χ2v) is 6.57. The zero-order valence-corrected chi connectivity index (χ0v) is 14.2. The summed E-state index contributed by atoms with van der Waals surface area (Å²) in [5.74, 6) is 0. The van der Waals surface area contributed by atoms with Gasteiger partial charge in [0.15, 0.2) is 0 Å². The van der Waals surface area contributed by atoms with E-state index in [1.54, 1.807) is 0 Å². The van der Waals surface area contributed by atoms with Gasteiger partial charge in [0.2, 0.25) is 0 Å². The van der Waals surface area contributed by atoms with Crippen molar-refractivity contribution < 1.29 is 13.2 Å². The predicted molar refractivity (Wildman–Crippen MR) is 91.6 cm³/mol. The summed E-state index contributed by atoms with van der Waals surface area (Å²) >= 11 is 3.51. The highest BCUT2D eigenvalue weighted by atomic mass is 79.9. The normalized spacial score (nSPS) is 11.9. The summed E-state index contributed by atoms with van der Waals surface area (Å²) in [4.78, 5) is 0. The van der Waals surface area contributed by atoms with Crippen LogP contribution in [0.1, 0.15) is 16.7 Å². The van der Waals surface area contributed by atoms with Gasteiger partial charge in [-0.05, 0) is 71.1 Å². The van der Waals surface area contributed by atoms with Crippen molar-refractivity contribution in [1.29, 1.82) is 0 Å². The molecule has 3 aromatic carbocycles. The minimum Gasteiger partial charge on any atom is -0.166 e. The molecule has 0 amide bonds. The van der Waals surface area contributed by atoms with Gasteiger partial charge in [0, 0.05) is 4.47 Å².